The molecule has 0 aliphatic carbocycles. The van der Waals surface area contributed by atoms with E-state index in [-0.39, 0.29) is 5.91 Å². The maximum Gasteiger partial charge on any atom is 0.286 e. The van der Waals surface area contributed by atoms with E-state index in [0.29, 0.717) is 10.8 Å². The number of hydrogen-bond acceptors (Lipinski definition) is 9. The van der Waals surface area contributed by atoms with Crippen LogP contribution in [0.1, 0.15) is 27.3 Å². The fourth-order valence-corrected chi connectivity index (χ4v) is 5.42. The molecule has 6 nitrogen and oxygen atoms in total. The Morgan fingerprint density at radius 3 is 2.48 bits per heavy atom. The fourth-order valence-electron chi connectivity index (χ4n) is 1.79. The topological polar surface area (TPSA) is 80.7 Å². The highest BCUT2D eigenvalue weighted by atomic mass is 32.2. The molecule has 0 fully saturated rings. The summed E-state index contributed by atoms with van der Waals surface area (Å²) in [5.74, 6) is 1.37. The lowest BCUT2D eigenvalue weighted by atomic mass is 10.2. The summed E-state index contributed by atoms with van der Waals surface area (Å²) >= 11 is 6.11. The Balaban J connectivity index is 1.55. The van der Waals surface area contributed by atoms with E-state index < -0.39 is 0 Å². The van der Waals surface area contributed by atoms with Crippen LogP contribution in [0, 0.1) is 6.92 Å². The minimum absolute atomic E-state index is 0.241. The van der Waals surface area contributed by atoms with Crippen molar-refractivity contribution in [1.82, 2.24) is 20.4 Å². The van der Waals surface area contributed by atoms with Crippen LogP contribution in [-0.2, 0) is 5.75 Å². The van der Waals surface area contributed by atoms with Gasteiger partial charge >= 0.3 is 0 Å². The molecule has 2 heterocycles. The van der Waals surface area contributed by atoms with Gasteiger partial charge in [0.1, 0.15) is 5.01 Å². The lowest BCUT2D eigenvalue weighted by Crippen LogP contribution is -2.11. The number of benzene rings is 1. The lowest BCUT2D eigenvalue weighted by Gasteiger charge is -2.02. The van der Waals surface area contributed by atoms with Crippen molar-refractivity contribution in [3.8, 4) is 0 Å². The molecule has 0 saturated heterocycles. The van der Waals surface area contributed by atoms with Crippen LogP contribution in [0.25, 0.3) is 0 Å². The second-order valence-corrected chi connectivity index (χ2v) is 9.65. The molecule has 130 valence electrons. The molecule has 0 atom stereocenters. The first-order valence-corrected chi connectivity index (χ1v) is 11.0. The summed E-state index contributed by atoms with van der Waals surface area (Å²) in [7, 11) is 0. The SMILES string of the molecule is CCSc1nnc(SCc2nnc(C(=O)Nc3ccc(C)cc3)s2)s1. The average Bonchev–Trinajstić information content (AvgIpc) is 3.25. The molecule has 2 aromatic heterocycles. The van der Waals surface area contributed by atoms with Gasteiger partial charge in [-0.2, -0.15) is 0 Å². The molecule has 0 radical (unpaired) electrons. The van der Waals surface area contributed by atoms with E-state index in [0.717, 1.165) is 30.7 Å². The molecule has 0 unspecified atom stereocenters. The third-order valence-corrected chi connectivity index (χ3v) is 7.13. The minimum atomic E-state index is -0.241. The standard InChI is InChI=1S/C15H15N5OS4/c1-3-22-14-19-20-15(25-14)23-8-11-17-18-13(24-11)12(21)16-10-6-4-9(2)5-7-10/h4-7H,3,8H2,1-2H3,(H,16,21). The first-order valence-electron chi connectivity index (χ1n) is 7.43. The molecule has 3 rings (SSSR count). The van der Waals surface area contributed by atoms with Crippen molar-refractivity contribution in [2.24, 2.45) is 0 Å². The van der Waals surface area contributed by atoms with Crippen molar-refractivity contribution in [1.29, 1.82) is 0 Å². The van der Waals surface area contributed by atoms with Gasteiger partial charge in [-0.05, 0) is 24.8 Å². The number of thioether (sulfide) groups is 2. The van der Waals surface area contributed by atoms with Crippen LogP contribution in [0.2, 0.25) is 0 Å². The molecule has 1 amide bonds. The number of carbonyl (C=O) groups excluding carboxylic acids is 1. The van der Waals surface area contributed by atoms with E-state index in [9.17, 15) is 4.79 Å². The van der Waals surface area contributed by atoms with E-state index in [1.54, 1.807) is 34.9 Å². The molecular weight excluding hydrogens is 394 g/mol. The molecule has 0 bridgehead atoms. The van der Waals surface area contributed by atoms with Gasteiger partial charge in [0, 0.05) is 5.69 Å². The van der Waals surface area contributed by atoms with Crippen LogP contribution >= 0.6 is 46.2 Å². The molecule has 0 saturated carbocycles. The Morgan fingerprint density at radius 1 is 1.04 bits per heavy atom. The van der Waals surface area contributed by atoms with E-state index >= 15 is 0 Å². The third kappa shape index (κ3) is 5.24. The molecule has 25 heavy (non-hydrogen) atoms. The molecule has 0 spiro atoms. The second-order valence-electron chi connectivity index (χ2n) is 4.88. The van der Waals surface area contributed by atoms with Crippen molar-refractivity contribution < 1.29 is 4.79 Å². The van der Waals surface area contributed by atoms with E-state index in [4.69, 9.17) is 0 Å². The largest absolute Gasteiger partial charge is 0.320 e. The normalized spacial score (nSPS) is 10.8. The van der Waals surface area contributed by atoms with Crippen LogP contribution in [0.3, 0.4) is 0 Å². The van der Waals surface area contributed by atoms with Gasteiger partial charge in [0.2, 0.25) is 5.01 Å². The summed E-state index contributed by atoms with van der Waals surface area (Å²) in [6.45, 7) is 4.09. The first-order chi connectivity index (χ1) is 12.1. The molecule has 0 aliphatic rings. The van der Waals surface area contributed by atoms with Gasteiger partial charge in [0.15, 0.2) is 8.68 Å². The van der Waals surface area contributed by atoms with Crippen LogP contribution in [0.15, 0.2) is 32.9 Å². The monoisotopic (exact) mass is 409 g/mol. The highest BCUT2D eigenvalue weighted by Crippen LogP contribution is 2.31. The Bertz CT molecular complexity index is 846. The summed E-state index contributed by atoms with van der Waals surface area (Å²) in [6, 6.07) is 7.63. The summed E-state index contributed by atoms with van der Waals surface area (Å²) < 4.78 is 1.87. The molecule has 0 aliphatic heterocycles. The number of aromatic nitrogens is 4. The van der Waals surface area contributed by atoms with Crippen molar-refractivity contribution in [2.45, 2.75) is 28.3 Å². The minimum Gasteiger partial charge on any atom is -0.320 e. The molecule has 1 N–H and O–H groups in total. The van der Waals surface area contributed by atoms with Gasteiger partial charge in [-0.1, -0.05) is 70.8 Å². The Labute approximate surface area is 161 Å². The predicted octanol–water partition coefficient (Wildman–Crippen LogP) is 4.35. The maximum atomic E-state index is 12.2. The zero-order chi connectivity index (χ0) is 17.6. The number of amides is 1. The van der Waals surface area contributed by atoms with E-state index in [2.05, 4.69) is 32.6 Å². The van der Waals surface area contributed by atoms with Crippen LogP contribution in [0.4, 0.5) is 5.69 Å². The van der Waals surface area contributed by atoms with Gasteiger partial charge in [-0.25, -0.2) is 0 Å². The second kappa shape index (κ2) is 8.75. The molecular formula is C15H15N5OS4. The van der Waals surface area contributed by atoms with Crippen molar-refractivity contribution in [3.63, 3.8) is 0 Å². The van der Waals surface area contributed by atoms with Crippen LogP contribution in [-0.4, -0.2) is 32.1 Å². The predicted molar refractivity (Wildman–Crippen MR) is 105 cm³/mol. The summed E-state index contributed by atoms with van der Waals surface area (Å²) in [5.41, 5.74) is 1.89. The lowest BCUT2D eigenvalue weighted by molar-refractivity contribution is 0.102. The Morgan fingerprint density at radius 2 is 1.76 bits per heavy atom. The average molecular weight is 410 g/mol. The number of rotatable bonds is 7. The summed E-state index contributed by atoms with van der Waals surface area (Å²) in [6.07, 6.45) is 0. The van der Waals surface area contributed by atoms with Crippen LogP contribution in [0.5, 0.6) is 0 Å². The van der Waals surface area contributed by atoms with Gasteiger partial charge in [-0.3, -0.25) is 4.79 Å². The zero-order valence-corrected chi connectivity index (χ0v) is 16.8. The number of hydrogen-bond donors (Lipinski definition) is 1. The van der Waals surface area contributed by atoms with Gasteiger partial charge in [0.05, 0.1) is 5.75 Å². The number of aryl methyl sites for hydroxylation is 1. The zero-order valence-electron chi connectivity index (χ0n) is 13.6. The van der Waals surface area contributed by atoms with Crippen molar-refractivity contribution in [3.05, 3.63) is 39.8 Å². The molecule has 1 aromatic carbocycles. The number of carbonyl (C=O) groups is 1. The van der Waals surface area contributed by atoms with E-state index in [1.807, 2.05) is 31.2 Å². The Hall–Kier alpha value is -1.49. The number of anilines is 1. The van der Waals surface area contributed by atoms with Gasteiger partial charge in [0.25, 0.3) is 5.91 Å². The number of nitrogens with one attached hydrogen (secondary N) is 1. The Kier molecular flexibility index (Phi) is 6.40. The van der Waals surface area contributed by atoms with Crippen LogP contribution < -0.4 is 5.32 Å². The highest BCUT2D eigenvalue weighted by Gasteiger charge is 2.14. The summed E-state index contributed by atoms with van der Waals surface area (Å²) in [4.78, 5) is 12.2. The van der Waals surface area contributed by atoms with E-state index in [1.165, 1.54) is 11.3 Å². The third-order valence-electron chi connectivity index (χ3n) is 2.95. The highest BCUT2D eigenvalue weighted by molar-refractivity contribution is 8.02. The van der Waals surface area contributed by atoms with Crippen molar-refractivity contribution >= 4 is 57.8 Å². The number of nitrogens with zero attached hydrogens (tertiary/aromatic N) is 4. The first kappa shape index (κ1) is 18.3. The summed E-state index contributed by atoms with van der Waals surface area (Å²) in [5, 5.41) is 20.3. The van der Waals surface area contributed by atoms with Crippen molar-refractivity contribution in [2.75, 3.05) is 11.1 Å². The smallest absolute Gasteiger partial charge is 0.286 e. The molecule has 3 aromatic rings. The van der Waals surface area contributed by atoms with Gasteiger partial charge in [-0.15, -0.1) is 20.4 Å². The maximum absolute atomic E-state index is 12.2. The molecule has 10 heteroatoms. The fraction of sp³-hybridized carbons (Fsp3) is 0.267. The quantitative estimate of drug-likeness (QED) is 0.581. The van der Waals surface area contributed by atoms with Gasteiger partial charge < -0.3 is 5.32 Å².